The molecule has 0 radical (unpaired) electrons. The predicted molar refractivity (Wildman–Crippen MR) is 79.1 cm³/mol. The van der Waals surface area contributed by atoms with Gasteiger partial charge in [-0.05, 0) is 18.6 Å². The third-order valence-corrected chi connectivity index (χ3v) is 2.86. The fourth-order valence-corrected chi connectivity index (χ4v) is 1.92. The van der Waals surface area contributed by atoms with Gasteiger partial charge >= 0.3 is 11.9 Å². The largest absolute Gasteiger partial charge is 0.419 e. The number of hydrogen-bond acceptors (Lipinski definition) is 8. The van der Waals surface area contributed by atoms with Crippen molar-refractivity contribution in [1.29, 1.82) is 0 Å². The number of ether oxygens (including phenoxy) is 2. The van der Waals surface area contributed by atoms with E-state index >= 15 is 0 Å². The number of aryl methyl sites for hydroxylation is 1. The summed E-state index contributed by atoms with van der Waals surface area (Å²) in [7, 11) is 3.73. The summed E-state index contributed by atoms with van der Waals surface area (Å²) in [4.78, 5) is 25.4. The molecule has 8 heteroatoms. The molecule has 0 spiro atoms. The summed E-state index contributed by atoms with van der Waals surface area (Å²) in [5, 5.41) is 10.8. The highest BCUT2D eigenvalue weighted by Crippen LogP contribution is 2.23. The quantitative estimate of drug-likeness (QED) is 0.502. The molecule has 0 aromatic carbocycles. The maximum absolute atomic E-state index is 11.8. The van der Waals surface area contributed by atoms with Gasteiger partial charge in [-0.1, -0.05) is 0 Å². The number of rotatable bonds is 3. The molecule has 0 bridgehead atoms. The zero-order valence-electron chi connectivity index (χ0n) is 13.1. The minimum Gasteiger partial charge on any atom is -0.419 e. The van der Waals surface area contributed by atoms with E-state index in [0.717, 1.165) is 11.4 Å². The van der Waals surface area contributed by atoms with Gasteiger partial charge in [-0.25, -0.2) is 9.59 Å². The second-order valence-corrected chi connectivity index (χ2v) is 5.51. The van der Waals surface area contributed by atoms with Crippen molar-refractivity contribution in [1.82, 2.24) is 10.2 Å². The third kappa shape index (κ3) is 3.33. The first-order valence-corrected chi connectivity index (χ1v) is 6.64. The number of cyclic esters (lactones) is 2. The van der Waals surface area contributed by atoms with Gasteiger partial charge in [0.25, 0.3) is 5.79 Å². The molecule has 0 unspecified atom stereocenters. The van der Waals surface area contributed by atoms with Crippen LogP contribution >= 0.6 is 0 Å². The Morgan fingerprint density at radius 2 is 1.77 bits per heavy atom. The molecule has 0 saturated carbocycles. The first kappa shape index (κ1) is 15.7. The Morgan fingerprint density at radius 3 is 2.27 bits per heavy atom. The highest BCUT2D eigenvalue weighted by atomic mass is 16.7. The standard InChI is InChI=1S/C14H18N4O4/c1-8-6-10(16-17-11(8)18(4)5)15-7-9-12(19)21-14(2,3)22-13(9)20/h6-7H,1-5H3,(H,15,16). The summed E-state index contributed by atoms with van der Waals surface area (Å²) in [6.07, 6.45) is 1.21. The Balaban J connectivity index is 2.17. The lowest BCUT2D eigenvalue weighted by molar-refractivity contribution is -0.222. The summed E-state index contributed by atoms with van der Waals surface area (Å²) in [6, 6.07) is 1.75. The van der Waals surface area contributed by atoms with Crippen molar-refractivity contribution < 1.29 is 19.1 Å². The number of aromatic nitrogens is 2. The maximum atomic E-state index is 11.8. The molecule has 0 atom stereocenters. The summed E-state index contributed by atoms with van der Waals surface area (Å²) in [5.74, 6) is -1.61. The summed E-state index contributed by atoms with van der Waals surface area (Å²) in [6.45, 7) is 4.86. The van der Waals surface area contributed by atoms with E-state index in [9.17, 15) is 9.59 Å². The molecule has 1 aromatic rings. The smallest absolute Gasteiger partial charge is 0.350 e. The van der Waals surface area contributed by atoms with Gasteiger partial charge < -0.3 is 19.7 Å². The van der Waals surface area contributed by atoms with Crippen LogP contribution in [0.3, 0.4) is 0 Å². The molecule has 1 saturated heterocycles. The van der Waals surface area contributed by atoms with Gasteiger partial charge in [0, 0.05) is 34.1 Å². The maximum Gasteiger partial charge on any atom is 0.350 e. The Morgan fingerprint density at radius 1 is 1.18 bits per heavy atom. The number of carbonyl (C=O) groups excluding carboxylic acids is 2. The second kappa shape index (κ2) is 5.63. The van der Waals surface area contributed by atoms with Gasteiger partial charge in [-0.2, -0.15) is 0 Å². The van der Waals surface area contributed by atoms with Crippen LogP contribution in [0.5, 0.6) is 0 Å². The molecule has 8 nitrogen and oxygen atoms in total. The van der Waals surface area contributed by atoms with Crippen molar-refractivity contribution in [2.24, 2.45) is 0 Å². The number of nitrogens with zero attached hydrogens (tertiary/aromatic N) is 3. The van der Waals surface area contributed by atoms with Gasteiger partial charge in [0.2, 0.25) is 0 Å². The van der Waals surface area contributed by atoms with E-state index in [-0.39, 0.29) is 5.57 Å². The molecular weight excluding hydrogens is 288 g/mol. The van der Waals surface area contributed by atoms with Gasteiger partial charge in [0.15, 0.2) is 17.2 Å². The predicted octanol–water partition coefficient (Wildman–Crippen LogP) is 0.983. The fourth-order valence-electron chi connectivity index (χ4n) is 1.92. The van der Waals surface area contributed by atoms with Crippen LogP contribution in [-0.2, 0) is 19.1 Å². The van der Waals surface area contributed by atoms with Crippen molar-refractivity contribution in [2.75, 3.05) is 24.3 Å². The van der Waals surface area contributed by atoms with E-state index in [2.05, 4.69) is 15.5 Å². The molecule has 118 valence electrons. The zero-order chi connectivity index (χ0) is 16.5. The molecule has 22 heavy (non-hydrogen) atoms. The van der Waals surface area contributed by atoms with E-state index in [1.54, 1.807) is 6.07 Å². The highest BCUT2D eigenvalue weighted by Gasteiger charge is 2.38. The lowest BCUT2D eigenvalue weighted by Gasteiger charge is -2.29. The third-order valence-electron chi connectivity index (χ3n) is 2.86. The van der Waals surface area contributed by atoms with Gasteiger partial charge in [0.05, 0.1) is 0 Å². The van der Waals surface area contributed by atoms with E-state index in [1.807, 2.05) is 25.9 Å². The molecule has 1 N–H and O–H groups in total. The van der Waals surface area contributed by atoms with Crippen molar-refractivity contribution in [3.8, 4) is 0 Å². The Kier molecular flexibility index (Phi) is 4.03. The van der Waals surface area contributed by atoms with Crippen LogP contribution in [0.2, 0.25) is 0 Å². The van der Waals surface area contributed by atoms with Crippen molar-refractivity contribution in [2.45, 2.75) is 26.6 Å². The van der Waals surface area contributed by atoms with Crippen molar-refractivity contribution >= 4 is 23.6 Å². The van der Waals surface area contributed by atoms with Gasteiger partial charge in [-0.15, -0.1) is 10.2 Å². The average molecular weight is 306 g/mol. The summed E-state index contributed by atoms with van der Waals surface area (Å²) < 4.78 is 9.97. The molecule has 2 rings (SSSR count). The van der Waals surface area contributed by atoms with Crippen LogP contribution in [-0.4, -0.2) is 42.0 Å². The molecule has 1 aliphatic heterocycles. The summed E-state index contributed by atoms with van der Waals surface area (Å²) in [5.41, 5.74) is 0.672. The van der Waals surface area contributed by atoms with Crippen LogP contribution in [0, 0.1) is 6.92 Å². The Labute approximate surface area is 128 Å². The number of nitrogens with one attached hydrogen (secondary N) is 1. The summed E-state index contributed by atoms with van der Waals surface area (Å²) >= 11 is 0. The van der Waals surface area contributed by atoms with Crippen LogP contribution in [0.25, 0.3) is 0 Å². The van der Waals surface area contributed by atoms with Crippen molar-refractivity contribution in [3.05, 3.63) is 23.4 Å². The van der Waals surface area contributed by atoms with Crippen molar-refractivity contribution in [3.63, 3.8) is 0 Å². The van der Waals surface area contributed by atoms with Crippen LogP contribution in [0.15, 0.2) is 17.8 Å². The van der Waals surface area contributed by atoms with Gasteiger partial charge in [0.1, 0.15) is 0 Å². The molecule has 0 amide bonds. The van der Waals surface area contributed by atoms with Gasteiger partial charge in [-0.3, -0.25) is 0 Å². The van der Waals surface area contributed by atoms with Crippen LogP contribution < -0.4 is 10.2 Å². The second-order valence-electron chi connectivity index (χ2n) is 5.51. The Bertz CT molecular complexity index is 630. The molecular formula is C14H18N4O4. The molecule has 1 aromatic heterocycles. The van der Waals surface area contributed by atoms with E-state index in [4.69, 9.17) is 9.47 Å². The average Bonchev–Trinajstić information content (AvgIpc) is 2.35. The number of carbonyl (C=O) groups is 2. The normalized spacial score (nSPS) is 16.7. The molecule has 1 aliphatic rings. The Hall–Kier alpha value is -2.64. The van der Waals surface area contributed by atoms with Crippen LogP contribution in [0.1, 0.15) is 19.4 Å². The molecule has 1 fully saturated rings. The number of hydrogen-bond donors (Lipinski definition) is 1. The van der Waals surface area contributed by atoms with E-state index < -0.39 is 17.7 Å². The fraction of sp³-hybridized carbons (Fsp3) is 0.429. The molecule has 0 aliphatic carbocycles. The minimum absolute atomic E-state index is 0.226. The number of anilines is 2. The first-order valence-electron chi connectivity index (χ1n) is 6.64. The van der Waals surface area contributed by atoms with E-state index in [1.165, 1.54) is 20.0 Å². The lowest BCUT2D eigenvalue weighted by Crippen LogP contribution is -2.42. The number of esters is 2. The van der Waals surface area contributed by atoms with Crippen LogP contribution in [0.4, 0.5) is 11.6 Å². The highest BCUT2D eigenvalue weighted by molar-refractivity contribution is 6.15. The van der Waals surface area contributed by atoms with E-state index in [0.29, 0.717) is 5.82 Å². The first-order chi connectivity index (χ1) is 10.2. The monoisotopic (exact) mass is 306 g/mol. The SMILES string of the molecule is Cc1cc(NC=C2C(=O)OC(C)(C)OC2=O)nnc1N(C)C. The minimum atomic E-state index is -1.25. The molecule has 2 heterocycles. The lowest BCUT2D eigenvalue weighted by atomic mass is 10.2. The topological polar surface area (TPSA) is 93.6 Å². The zero-order valence-corrected chi connectivity index (χ0v) is 13.1.